The Bertz CT molecular complexity index is 609. The van der Waals surface area contributed by atoms with E-state index in [1.54, 1.807) is 17.8 Å². The molecule has 0 fully saturated rings. The predicted octanol–water partition coefficient (Wildman–Crippen LogP) is 2.56. The largest absolute Gasteiger partial charge is 0.364 e. The molecular weight excluding hydrogens is 270 g/mol. The van der Waals surface area contributed by atoms with Gasteiger partial charge in [0.2, 0.25) is 5.82 Å². The molecule has 7 nitrogen and oxygen atoms in total. The maximum absolute atomic E-state index is 11.2. The van der Waals surface area contributed by atoms with Gasteiger partial charge in [0.1, 0.15) is 5.69 Å². The summed E-state index contributed by atoms with van der Waals surface area (Å²) in [6, 6.07) is 5.72. The number of anilines is 1. The Balaban J connectivity index is 2.12. The standard InChI is InChI=1S/C14H19N5O2/c1-3-10-18-14(13(19(20)21)11(2)17-18)16-9-7-12-6-4-5-8-15-12/h4-6,8,16H,3,7,9-10H2,1-2H3. The van der Waals surface area contributed by atoms with Gasteiger partial charge in [-0.2, -0.15) is 5.10 Å². The summed E-state index contributed by atoms with van der Waals surface area (Å²) in [6.45, 7) is 4.90. The lowest BCUT2D eigenvalue weighted by molar-refractivity contribution is -0.384. The quantitative estimate of drug-likeness (QED) is 0.625. The molecule has 0 aliphatic carbocycles. The van der Waals surface area contributed by atoms with Crippen LogP contribution in [0.25, 0.3) is 0 Å². The topological polar surface area (TPSA) is 85.9 Å². The van der Waals surface area contributed by atoms with Gasteiger partial charge >= 0.3 is 5.69 Å². The van der Waals surface area contributed by atoms with Crippen LogP contribution in [0.3, 0.4) is 0 Å². The van der Waals surface area contributed by atoms with Crippen LogP contribution in [0.1, 0.15) is 24.7 Å². The summed E-state index contributed by atoms with van der Waals surface area (Å²) in [5, 5.41) is 18.6. The fourth-order valence-corrected chi connectivity index (χ4v) is 2.19. The number of hydrogen-bond donors (Lipinski definition) is 1. The summed E-state index contributed by atoms with van der Waals surface area (Å²) in [7, 11) is 0. The van der Waals surface area contributed by atoms with Crippen molar-refractivity contribution in [2.45, 2.75) is 33.2 Å². The molecule has 2 heterocycles. The highest BCUT2D eigenvalue weighted by molar-refractivity contribution is 5.59. The van der Waals surface area contributed by atoms with E-state index in [-0.39, 0.29) is 10.6 Å². The molecule has 0 saturated heterocycles. The van der Waals surface area contributed by atoms with Gasteiger partial charge in [-0.3, -0.25) is 15.1 Å². The summed E-state index contributed by atoms with van der Waals surface area (Å²) < 4.78 is 1.67. The summed E-state index contributed by atoms with van der Waals surface area (Å²) in [5.41, 5.74) is 1.45. The zero-order chi connectivity index (χ0) is 15.2. The second kappa shape index (κ2) is 6.83. The minimum Gasteiger partial charge on any atom is -0.364 e. The first-order valence-corrected chi connectivity index (χ1v) is 6.99. The molecule has 21 heavy (non-hydrogen) atoms. The summed E-state index contributed by atoms with van der Waals surface area (Å²) in [4.78, 5) is 15.1. The molecule has 0 atom stereocenters. The maximum Gasteiger partial charge on any atom is 0.333 e. The second-order valence-electron chi connectivity index (χ2n) is 4.76. The maximum atomic E-state index is 11.2. The van der Waals surface area contributed by atoms with Crippen LogP contribution in [-0.2, 0) is 13.0 Å². The molecule has 0 radical (unpaired) electrons. The van der Waals surface area contributed by atoms with Gasteiger partial charge in [0.25, 0.3) is 0 Å². The molecule has 2 aromatic heterocycles. The van der Waals surface area contributed by atoms with E-state index in [2.05, 4.69) is 15.4 Å². The van der Waals surface area contributed by atoms with Crippen LogP contribution in [0.2, 0.25) is 0 Å². The molecule has 0 spiro atoms. The van der Waals surface area contributed by atoms with Gasteiger partial charge in [-0.25, -0.2) is 4.68 Å². The number of hydrogen-bond acceptors (Lipinski definition) is 5. The first kappa shape index (κ1) is 15.0. The van der Waals surface area contributed by atoms with Crippen LogP contribution in [0.5, 0.6) is 0 Å². The van der Waals surface area contributed by atoms with E-state index in [0.717, 1.165) is 12.1 Å². The Labute approximate surface area is 123 Å². The fourth-order valence-electron chi connectivity index (χ4n) is 2.19. The van der Waals surface area contributed by atoms with Gasteiger partial charge < -0.3 is 5.32 Å². The highest BCUT2D eigenvalue weighted by Gasteiger charge is 2.24. The molecule has 2 aromatic rings. The van der Waals surface area contributed by atoms with Crippen LogP contribution in [0.4, 0.5) is 11.5 Å². The Kier molecular flexibility index (Phi) is 4.86. The molecule has 0 bridgehead atoms. The van der Waals surface area contributed by atoms with Crippen LogP contribution in [0.15, 0.2) is 24.4 Å². The molecule has 7 heteroatoms. The van der Waals surface area contributed by atoms with Crippen molar-refractivity contribution in [1.29, 1.82) is 0 Å². The molecule has 0 unspecified atom stereocenters. The Morgan fingerprint density at radius 3 is 2.86 bits per heavy atom. The van der Waals surface area contributed by atoms with Crippen LogP contribution < -0.4 is 5.32 Å². The third-order valence-electron chi connectivity index (χ3n) is 3.11. The lowest BCUT2D eigenvalue weighted by Gasteiger charge is -2.08. The zero-order valence-corrected chi connectivity index (χ0v) is 12.2. The van der Waals surface area contributed by atoms with Crippen molar-refractivity contribution in [3.05, 3.63) is 45.9 Å². The molecule has 0 aromatic carbocycles. The van der Waals surface area contributed by atoms with Crippen molar-refractivity contribution < 1.29 is 4.92 Å². The Morgan fingerprint density at radius 1 is 1.43 bits per heavy atom. The number of aryl methyl sites for hydroxylation is 2. The third-order valence-corrected chi connectivity index (χ3v) is 3.11. The molecule has 1 N–H and O–H groups in total. The normalized spacial score (nSPS) is 10.6. The third kappa shape index (κ3) is 3.56. The number of pyridine rings is 1. The van der Waals surface area contributed by atoms with E-state index >= 15 is 0 Å². The number of nitrogens with one attached hydrogen (secondary N) is 1. The first-order valence-electron chi connectivity index (χ1n) is 6.99. The van der Waals surface area contributed by atoms with Gasteiger partial charge in [0, 0.05) is 31.4 Å². The van der Waals surface area contributed by atoms with Crippen molar-refractivity contribution in [2.75, 3.05) is 11.9 Å². The lowest BCUT2D eigenvalue weighted by atomic mass is 10.2. The van der Waals surface area contributed by atoms with Gasteiger partial charge in [-0.1, -0.05) is 13.0 Å². The molecule has 0 aliphatic heterocycles. The van der Waals surface area contributed by atoms with Crippen LogP contribution in [-0.4, -0.2) is 26.2 Å². The Hall–Kier alpha value is -2.44. The van der Waals surface area contributed by atoms with Gasteiger partial charge in [0.15, 0.2) is 0 Å². The average Bonchev–Trinajstić information content (AvgIpc) is 2.76. The van der Waals surface area contributed by atoms with E-state index in [4.69, 9.17) is 0 Å². The molecular formula is C14H19N5O2. The van der Waals surface area contributed by atoms with Gasteiger partial charge in [-0.15, -0.1) is 0 Å². The molecule has 0 aliphatic rings. The zero-order valence-electron chi connectivity index (χ0n) is 12.2. The van der Waals surface area contributed by atoms with E-state index in [1.807, 2.05) is 25.1 Å². The fraction of sp³-hybridized carbons (Fsp3) is 0.429. The number of rotatable bonds is 7. The summed E-state index contributed by atoms with van der Waals surface area (Å²) in [5.74, 6) is 0.482. The smallest absolute Gasteiger partial charge is 0.333 e. The monoisotopic (exact) mass is 289 g/mol. The average molecular weight is 289 g/mol. The van der Waals surface area contributed by atoms with E-state index in [1.165, 1.54) is 0 Å². The van der Waals surface area contributed by atoms with Crippen LogP contribution >= 0.6 is 0 Å². The van der Waals surface area contributed by atoms with Crippen molar-refractivity contribution in [3.8, 4) is 0 Å². The minimum absolute atomic E-state index is 0.0597. The lowest BCUT2D eigenvalue weighted by Crippen LogP contribution is -2.12. The van der Waals surface area contributed by atoms with E-state index in [0.29, 0.717) is 31.0 Å². The predicted molar refractivity (Wildman–Crippen MR) is 80.3 cm³/mol. The highest BCUT2D eigenvalue weighted by Crippen LogP contribution is 2.28. The van der Waals surface area contributed by atoms with Crippen molar-refractivity contribution in [2.24, 2.45) is 0 Å². The SMILES string of the molecule is CCCn1nc(C)c([N+](=O)[O-])c1NCCc1ccccn1. The second-order valence-corrected chi connectivity index (χ2v) is 4.76. The molecule has 0 amide bonds. The number of nitro groups is 1. The molecule has 112 valence electrons. The first-order chi connectivity index (χ1) is 10.1. The summed E-state index contributed by atoms with van der Waals surface area (Å²) >= 11 is 0. The minimum atomic E-state index is -0.377. The van der Waals surface area contributed by atoms with E-state index in [9.17, 15) is 10.1 Å². The highest BCUT2D eigenvalue weighted by atomic mass is 16.6. The van der Waals surface area contributed by atoms with Crippen molar-refractivity contribution in [3.63, 3.8) is 0 Å². The van der Waals surface area contributed by atoms with Crippen molar-refractivity contribution >= 4 is 11.5 Å². The summed E-state index contributed by atoms with van der Waals surface area (Å²) in [6.07, 6.45) is 3.31. The van der Waals surface area contributed by atoms with Gasteiger partial charge in [-0.05, 0) is 25.5 Å². The van der Waals surface area contributed by atoms with E-state index < -0.39 is 0 Å². The number of nitrogens with zero attached hydrogens (tertiary/aromatic N) is 4. The number of aromatic nitrogens is 3. The Morgan fingerprint density at radius 2 is 2.24 bits per heavy atom. The van der Waals surface area contributed by atoms with Crippen LogP contribution in [0, 0.1) is 17.0 Å². The van der Waals surface area contributed by atoms with Crippen molar-refractivity contribution in [1.82, 2.24) is 14.8 Å². The molecule has 0 saturated carbocycles. The van der Waals surface area contributed by atoms with Gasteiger partial charge in [0.05, 0.1) is 4.92 Å². The molecule has 2 rings (SSSR count).